The van der Waals surface area contributed by atoms with E-state index in [0.717, 1.165) is 12.0 Å². The molecule has 80 valence electrons. The predicted octanol–water partition coefficient (Wildman–Crippen LogP) is 0.768. The van der Waals surface area contributed by atoms with E-state index in [2.05, 4.69) is 4.74 Å². The maximum Gasteiger partial charge on any atom is 0.346 e. The molecule has 0 saturated carbocycles. The standard InChI is InChI=1S/C11H12O3.Al.3H/c1-3-9-6-4-5-7-10(9)11(13)14-8(2)12;;;;/h4-7H,3H2,1-2H3;;;;. The maximum absolute atomic E-state index is 11.4. The van der Waals surface area contributed by atoms with Gasteiger partial charge in [0.25, 0.3) is 0 Å². The molecule has 0 bridgehead atoms. The highest BCUT2D eigenvalue weighted by atomic mass is 27.0. The second kappa shape index (κ2) is 6.39. The van der Waals surface area contributed by atoms with E-state index >= 15 is 0 Å². The molecule has 0 fully saturated rings. The van der Waals surface area contributed by atoms with Gasteiger partial charge < -0.3 is 4.74 Å². The Hall–Kier alpha value is -1.11. The zero-order valence-corrected chi connectivity index (χ0v) is 8.24. The molecular formula is C11H15AlO3. The van der Waals surface area contributed by atoms with Gasteiger partial charge in [0.1, 0.15) is 0 Å². The summed E-state index contributed by atoms with van der Waals surface area (Å²) in [6, 6.07) is 7.10. The number of hydrogen-bond acceptors (Lipinski definition) is 3. The van der Waals surface area contributed by atoms with E-state index < -0.39 is 11.9 Å². The van der Waals surface area contributed by atoms with Crippen molar-refractivity contribution in [1.29, 1.82) is 0 Å². The first-order valence-electron chi connectivity index (χ1n) is 4.45. The van der Waals surface area contributed by atoms with Crippen LogP contribution in [0.5, 0.6) is 0 Å². The van der Waals surface area contributed by atoms with Crippen LogP contribution in [0.25, 0.3) is 0 Å². The number of rotatable bonds is 2. The molecule has 0 spiro atoms. The van der Waals surface area contributed by atoms with Crippen molar-refractivity contribution in [3.05, 3.63) is 35.4 Å². The summed E-state index contributed by atoms with van der Waals surface area (Å²) in [5, 5.41) is 0. The van der Waals surface area contributed by atoms with Crippen molar-refractivity contribution in [2.45, 2.75) is 20.3 Å². The van der Waals surface area contributed by atoms with Gasteiger partial charge in [-0.05, 0) is 18.1 Å². The minimum absolute atomic E-state index is 0. The Morgan fingerprint density at radius 3 is 2.40 bits per heavy atom. The molecule has 0 N–H and O–H groups in total. The van der Waals surface area contributed by atoms with E-state index in [0.29, 0.717) is 5.56 Å². The molecule has 0 aromatic heterocycles. The molecule has 0 amide bonds. The third-order valence-corrected chi connectivity index (χ3v) is 1.85. The Kier molecular flexibility index (Phi) is 5.92. The van der Waals surface area contributed by atoms with Crippen molar-refractivity contribution in [3.8, 4) is 0 Å². The SMILES string of the molecule is CCc1ccccc1C(=O)OC(C)=O.[AlH3]. The minimum atomic E-state index is -0.582. The van der Waals surface area contributed by atoms with Crippen molar-refractivity contribution in [3.63, 3.8) is 0 Å². The van der Waals surface area contributed by atoms with Crippen LogP contribution >= 0.6 is 0 Å². The van der Waals surface area contributed by atoms with Gasteiger partial charge in [0, 0.05) is 6.92 Å². The number of hydrogen-bond donors (Lipinski definition) is 0. The van der Waals surface area contributed by atoms with Crippen LogP contribution in [0.1, 0.15) is 29.8 Å². The lowest BCUT2D eigenvalue weighted by atomic mass is 10.1. The van der Waals surface area contributed by atoms with Gasteiger partial charge in [0.15, 0.2) is 17.4 Å². The Morgan fingerprint density at radius 1 is 1.27 bits per heavy atom. The molecule has 0 aliphatic rings. The summed E-state index contributed by atoms with van der Waals surface area (Å²) in [5.41, 5.74) is 1.35. The molecule has 1 rings (SSSR count). The first kappa shape index (κ1) is 13.9. The first-order valence-corrected chi connectivity index (χ1v) is 4.45. The fourth-order valence-corrected chi connectivity index (χ4v) is 1.21. The summed E-state index contributed by atoms with van der Waals surface area (Å²) in [4.78, 5) is 22.0. The van der Waals surface area contributed by atoms with Gasteiger partial charge in [-0.1, -0.05) is 25.1 Å². The normalized spacial score (nSPS) is 8.93. The van der Waals surface area contributed by atoms with Crippen LogP contribution in [0, 0.1) is 0 Å². The summed E-state index contributed by atoms with van der Waals surface area (Å²) in [5.74, 6) is -1.16. The molecule has 0 aliphatic carbocycles. The molecule has 1 aromatic rings. The van der Waals surface area contributed by atoms with Gasteiger partial charge >= 0.3 is 11.9 Å². The van der Waals surface area contributed by atoms with E-state index in [1.165, 1.54) is 6.92 Å². The largest absolute Gasteiger partial charge is 0.390 e. The minimum Gasteiger partial charge on any atom is -0.390 e. The van der Waals surface area contributed by atoms with Crippen LogP contribution in [-0.2, 0) is 16.0 Å². The van der Waals surface area contributed by atoms with E-state index in [1.807, 2.05) is 19.1 Å². The van der Waals surface area contributed by atoms with Crippen molar-refractivity contribution < 1.29 is 14.3 Å². The first-order chi connectivity index (χ1) is 6.65. The Labute approximate surface area is 99.6 Å². The van der Waals surface area contributed by atoms with Crippen molar-refractivity contribution in [2.75, 3.05) is 0 Å². The molecule has 0 radical (unpaired) electrons. The molecule has 3 nitrogen and oxygen atoms in total. The third kappa shape index (κ3) is 3.87. The van der Waals surface area contributed by atoms with Crippen molar-refractivity contribution in [2.24, 2.45) is 0 Å². The number of ether oxygens (including phenoxy) is 1. The number of carbonyl (C=O) groups is 2. The van der Waals surface area contributed by atoms with Crippen LogP contribution in [0.2, 0.25) is 0 Å². The highest BCUT2D eigenvalue weighted by Crippen LogP contribution is 2.10. The Morgan fingerprint density at radius 2 is 1.87 bits per heavy atom. The molecule has 0 unspecified atom stereocenters. The van der Waals surface area contributed by atoms with Crippen LogP contribution in [0.15, 0.2) is 24.3 Å². The van der Waals surface area contributed by atoms with E-state index in [4.69, 9.17) is 0 Å². The molecule has 4 heteroatoms. The maximum atomic E-state index is 11.4. The number of esters is 2. The summed E-state index contributed by atoms with van der Waals surface area (Å²) < 4.78 is 4.50. The van der Waals surface area contributed by atoms with Crippen molar-refractivity contribution >= 4 is 29.3 Å². The summed E-state index contributed by atoms with van der Waals surface area (Å²) in [6.07, 6.45) is 0.739. The summed E-state index contributed by atoms with van der Waals surface area (Å²) in [6.45, 7) is 3.16. The second-order valence-electron chi connectivity index (χ2n) is 2.89. The zero-order chi connectivity index (χ0) is 10.6. The van der Waals surface area contributed by atoms with Crippen LogP contribution in [0.4, 0.5) is 0 Å². The molecule has 15 heavy (non-hydrogen) atoms. The quantitative estimate of drug-likeness (QED) is 0.421. The Bertz CT molecular complexity index is 361. The van der Waals surface area contributed by atoms with Crippen LogP contribution in [0.3, 0.4) is 0 Å². The molecular weight excluding hydrogens is 207 g/mol. The lowest BCUT2D eigenvalue weighted by molar-refractivity contribution is -0.135. The van der Waals surface area contributed by atoms with Crippen LogP contribution < -0.4 is 0 Å². The molecule has 0 heterocycles. The fraction of sp³-hybridized carbons (Fsp3) is 0.273. The van der Waals surface area contributed by atoms with Crippen molar-refractivity contribution in [1.82, 2.24) is 0 Å². The van der Waals surface area contributed by atoms with Gasteiger partial charge in [-0.3, -0.25) is 4.79 Å². The molecule has 0 aliphatic heterocycles. The predicted molar refractivity (Wildman–Crippen MR) is 61.9 cm³/mol. The third-order valence-electron chi connectivity index (χ3n) is 1.85. The van der Waals surface area contributed by atoms with Gasteiger partial charge in [-0.25, -0.2) is 4.79 Å². The highest BCUT2D eigenvalue weighted by molar-refractivity contribution is 5.97. The lowest BCUT2D eigenvalue weighted by Gasteiger charge is -2.04. The second-order valence-corrected chi connectivity index (χ2v) is 2.89. The van der Waals surface area contributed by atoms with E-state index in [1.54, 1.807) is 12.1 Å². The molecule has 0 saturated heterocycles. The average molecular weight is 222 g/mol. The van der Waals surface area contributed by atoms with Gasteiger partial charge in [-0.2, -0.15) is 0 Å². The number of benzene rings is 1. The van der Waals surface area contributed by atoms with Gasteiger partial charge in [-0.15, -0.1) is 0 Å². The lowest BCUT2D eigenvalue weighted by Crippen LogP contribution is -2.11. The fourth-order valence-electron chi connectivity index (χ4n) is 1.21. The molecule has 0 atom stereocenters. The van der Waals surface area contributed by atoms with Crippen LogP contribution in [-0.4, -0.2) is 29.3 Å². The summed E-state index contributed by atoms with van der Waals surface area (Å²) >= 11 is 0. The molecule has 1 aromatic carbocycles. The Balaban J connectivity index is 0.00000196. The topological polar surface area (TPSA) is 43.4 Å². The zero-order valence-electron chi connectivity index (χ0n) is 8.24. The van der Waals surface area contributed by atoms with E-state index in [9.17, 15) is 9.59 Å². The smallest absolute Gasteiger partial charge is 0.346 e. The van der Waals surface area contributed by atoms with Gasteiger partial charge in [0.05, 0.1) is 5.56 Å². The highest BCUT2D eigenvalue weighted by Gasteiger charge is 2.12. The summed E-state index contributed by atoms with van der Waals surface area (Å²) in [7, 11) is 0. The number of carbonyl (C=O) groups excluding carboxylic acids is 2. The number of aryl methyl sites for hydroxylation is 1. The average Bonchev–Trinajstić information content (AvgIpc) is 2.16. The van der Waals surface area contributed by atoms with E-state index in [-0.39, 0.29) is 17.4 Å². The van der Waals surface area contributed by atoms with Gasteiger partial charge in [0.2, 0.25) is 0 Å². The monoisotopic (exact) mass is 222 g/mol.